The molecule has 28 heavy (non-hydrogen) atoms. The molecule has 8 nitrogen and oxygen atoms in total. The summed E-state index contributed by atoms with van der Waals surface area (Å²) in [5, 5.41) is 5.20. The molecule has 0 radical (unpaired) electrons. The lowest BCUT2D eigenvalue weighted by molar-refractivity contribution is 0.102. The van der Waals surface area contributed by atoms with Gasteiger partial charge in [-0.1, -0.05) is 18.2 Å². The van der Waals surface area contributed by atoms with E-state index in [0.717, 1.165) is 6.07 Å². The number of ether oxygens (including phenoxy) is 1. The number of primary amides is 1. The minimum atomic E-state index is -1.04. The number of nitrogens with two attached hydrogens (primary N) is 1. The molecule has 3 rings (SSSR count). The van der Waals surface area contributed by atoms with Crippen LogP contribution in [0.25, 0.3) is 0 Å². The number of nitrogens with zero attached hydrogens (tertiary/aromatic N) is 2. The first-order chi connectivity index (χ1) is 13.4. The van der Waals surface area contributed by atoms with E-state index in [-0.39, 0.29) is 28.2 Å². The highest BCUT2D eigenvalue weighted by atomic mass is 35.5. The van der Waals surface area contributed by atoms with Crippen LogP contribution in [-0.4, -0.2) is 22.0 Å². The molecule has 0 aliphatic rings. The van der Waals surface area contributed by atoms with Gasteiger partial charge in [-0.15, -0.1) is 0 Å². The summed E-state index contributed by atoms with van der Waals surface area (Å²) >= 11 is 5.82. The standard InChI is InChI=1S/C18H13ClFN5O3/c19-17-22-9-14(24-16(26)10-4-2-1-3-5-10)15(25-17)23-13-8-11(28-18(21)27)6-7-12(13)20/h1-9H,(H2,21,27)(H,24,26)(H,22,23,25). The number of hydrogen-bond donors (Lipinski definition) is 3. The molecule has 142 valence electrons. The van der Waals surface area contributed by atoms with Gasteiger partial charge in [0.05, 0.1) is 11.9 Å². The third-order valence-electron chi connectivity index (χ3n) is 3.45. The van der Waals surface area contributed by atoms with Crippen molar-refractivity contribution in [3.8, 4) is 5.75 Å². The van der Waals surface area contributed by atoms with Crippen molar-refractivity contribution in [3.05, 3.63) is 71.4 Å². The van der Waals surface area contributed by atoms with E-state index in [4.69, 9.17) is 22.1 Å². The third-order valence-corrected chi connectivity index (χ3v) is 3.63. The zero-order valence-electron chi connectivity index (χ0n) is 14.1. The Labute approximate surface area is 163 Å². The number of amides is 2. The van der Waals surface area contributed by atoms with Crippen LogP contribution in [0.5, 0.6) is 5.75 Å². The lowest BCUT2D eigenvalue weighted by atomic mass is 10.2. The summed E-state index contributed by atoms with van der Waals surface area (Å²) in [7, 11) is 0. The number of carbonyl (C=O) groups excluding carboxylic acids is 2. The SMILES string of the molecule is NC(=O)Oc1ccc(F)c(Nc2nc(Cl)ncc2NC(=O)c2ccccc2)c1. The van der Waals surface area contributed by atoms with Gasteiger partial charge in [-0.25, -0.2) is 14.2 Å². The predicted octanol–water partition coefficient (Wildman–Crippen LogP) is 3.72. The van der Waals surface area contributed by atoms with Crippen molar-refractivity contribution in [1.29, 1.82) is 0 Å². The normalized spacial score (nSPS) is 10.2. The summed E-state index contributed by atoms with van der Waals surface area (Å²) in [6.07, 6.45) is 0.235. The highest BCUT2D eigenvalue weighted by Gasteiger charge is 2.14. The third kappa shape index (κ3) is 4.71. The summed E-state index contributed by atoms with van der Waals surface area (Å²) in [6, 6.07) is 12.0. The van der Waals surface area contributed by atoms with Gasteiger partial charge in [0.25, 0.3) is 5.91 Å². The Hall–Kier alpha value is -3.72. The highest BCUT2D eigenvalue weighted by molar-refractivity contribution is 6.28. The van der Waals surface area contributed by atoms with Crippen molar-refractivity contribution in [2.45, 2.75) is 0 Å². The largest absolute Gasteiger partial charge is 0.410 e. The number of nitrogens with one attached hydrogen (secondary N) is 2. The van der Waals surface area contributed by atoms with Gasteiger partial charge in [0.15, 0.2) is 5.82 Å². The first-order valence-corrected chi connectivity index (χ1v) is 8.23. The first kappa shape index (κ1) is 19.1. The monoisotopic (exact) mass is 401 g/mol. The van der Waals surface area contributed by atoms with Crippen LogP contribution in [0.2, 0.25) is 5.28 Å². The topological polar surface area (TPSA) is 119 Å². The van der Waals surface area contributed by atoms with E-state index in [9.17, 15) is 14.0 Å². The van der Waals surface area contributed by atoms with E-state index in [0.29, 0.717) is 5.56 Å². The highest BCUT2D eigenvalue weighted by Crippen LogP contribution is 2.28. The molecule has 0 fully saturated rings. The number of carbonyl (C=O) groups is 2. The molecule has 4 N–H and O–H groups in total. The Bertz CT molecular complexity index is 1030. The second kappa shape index (κ2) is 8.31. The molecular formula is C18H13ClFN5O3. The second-order valence-corrected chi connectivity index (χ2v) is 5.75. The van der Waals surface area contributed by atoms with E-state index in [1.165, 1.54) is 18.3 Å². The van der Waals surface area contributed by atoms with E-state index in [1.54, 1.807) is 30.3 Å². The molecule has 3 aromatic rings. The summed E-state index contributed by atoms with van der Waals surface area (Å²) in [4.78, 5) is 31.1. The lowest BCUT2D eigenvalue weighted by Gasteiger charge is -2.13. The summed E-state index contributed by atoms with van der Waals surface area (Å²) in [6.45, 7) is 0. The van der Waals surface area contributed by atoms with Crippen LogP contribution in [0.15, 0.2) is 54.7 Å². The van der Waals surface area contributed by atoms with Gasteiger partial charge in [0.2, 0.25) is 5.28 Å². The maximum Gasteiger partial charge on any atom is 0.409 e. The number of aromatic nitrogens is 2. The maximum absolute atomic E-state index is 14.2. The number of rotatable bonds is 5. The molecular weight excluding hydrogens is 389 g/mol. The lowest BCUT2D eigenvalue weighted by Crippen LogP contribution is -2.16. The maximum atomic E-state index is 14.2. The van der Waals surface area contributed by atoms with E-state index >= 15 is 0 Å². The second-order valence-electron chi connectivity index (χ2n) is 5.41. The quantitative estimate of drug-likeness (QED) is 0.560. The minimum absolute atomic E-state index is 0.0198. The molecule has 0 atom stereocenters. The van der Waals surface area contributed by atoms with E-state index in [1.807, 2.05) is 0 Å². The Morgan fingerprint density at radius 1 is 1.11 bits per heavy atom. The Morgan fingerprint density at radius 2 is 1.86 bits per heavy atom. The molecule has 0 saturated carbocycles. The fourth-order valence-electron chi connectivity index (χ4n) is 2.24. The summed E-state index contributed by atoms with van der Waals surface area (Å²) in [5.74, 6) is -1.02. The van der Waals surface area contributed by atoms with Crippen molar-refractivity contribution in [2.24, 2.45) is 5.73 Å². The molecule has 0 aliphatic heterocycles. The molecule has 2 amide bonds. The Kier molecular flexibility index (Phi) is 5.66. The molecule has 2 aromatic carbocycles. The summed E-state index contributed by atoms with van der Waals surface area (Å²) in [5.41, 5.74) is 5.45. The molecule has 1 aromatic heterocycles. The van der Waals surface area contributed by atoms with E-state index < -0.39 is 17.8 Å². The van der Waals surface area contributed by atoms with Crippen LogP contribution in [0.4, 0.5) is 26.4 Å². The van der Waals surface area contributed by atoms with Gasteiger partial charge in [0.1, 0.15) is 17.3 Å². The average Bonchev–Trinajstić information content (AvgIpc) is 2.67. The number of benzene rings is 2. The number of anilines is 3. The van der Waals surface area contributed by atoms with Crippen LogP contribution in [-0.2, 0) is 0 Å². The zero-order valence-corrected chi connectivity index (χ0v) is 14.9. The van der Waals surface area contributed by atoms with Crippen molar-refractivity contribution >= 4 is 40.8 Å². The van der Waals surface area contributed by atoms with Gasteiger partial charge in [-0.3, -0.25) is 4.79 Å². The zero-order chi connectivity index (χ0) is 20.1. The number of halogens is 2. The molecule has 0 unspecified atom stereocenters. The molecule has 10 heteroatoms. The first-order valence-electron chi connectivity index (χ1n) is 7.85. The van der Waals surface area contributed by atoms with Crippen LogP contribution in [0, 0.1) is 5.82 Å². The summed E-state index contributed by atoms with van der Waals surface area (Å²) < 4.78 is 18.9. The van der Waals surface area contributed by atoms with Crippen molar-refractivity contribution in [2.75, 3.05) is 10.6 Å². The van der Waals surface area contributed by atoms with Gasteiger partial charge in [0, 0.05) is 11.6 Å². The van der Waals surface area contributed by atoms with Crippen LogP contribution >= 0.6 is 11.6 Å². The molecule has 0 saturated heterocycles. The van der Waals surface area contributed by atoms with Crippen molar-refractivity contribution in [3.63, 3.8) is 0 Å². The Balaban J connectivity index is 1.89. The van der Waals surface area contributed by atoms with E-state index in [2.05, 4.69) is 20.6 Å². The molecule has 1 heterocycles. The van der Waals surface area contributed by atoms with Crippen molar-refractivity contribution < 1.29 is 18.7 Å². The molecule has 0 spiro atoms. The predicted molar refractivity (Wildman–Crippen MR) is 101 cm³/mol. The van der Waals surface area contributed by atoms with Crippen LogP contribution in [0.1, 0.15) is 10.4 Å². The van der Waals surface area contributed by atoms with Crippen LogP contribution < -0.4 is 21.1 Å². The smallest absolute Gasteiger partial charge is 0.409 e. The van der Waals surface area contributed by atoms with Crippen LogP contribution in [0.3, 0.4) is 0 Å². The Morgan fingerprint density at radius 3 is 2.57 bits per heavy atom. The van der Waals surface area contributed by atoms with Gasteiger partial charge < -0.3 is 21.1 Å². The fraction of sp³-hybridized carbons (Fsp3) is 0. The minimum Gasteiger partial charge on any atom is -0.410 e. The average molecular weight is 402 g/mol. The van der Waals surface area contributed by atoms with Crippen molar-refractivity contribution in [1.82, 2.24) is 9.97 Å². The van der Waals surface area contributed by atoms with Gasteiger partial charge in [-0.2, -0.15) is 4.98 Å². The van der Waals surface area contributed by atoms with Gasteiger partial charge in [-0.05, 0) is 35.9 Å². The van der Waals surface area contributed by atoms with Gasteiger partial charge >= 0.3 is 6.09 Å². The molecule has 0 bridgehead atoms. The molecule has 0 aliphatic carbocycles. The number of hydrogen-bond acceptors (Lipinski definition) is 6. The fourth-order valence-corrected chi connectivity index (χ4v) is 2.37.